The van der Waals surface area contributed by atoms with Gasteiger partial charge in [0.2, 0.25) is 5.91 Å². The van der Waals surface area contributed by atoms with Gasteiger partial charge in [-0.05, 0) is 34.9 Å². The maximum atomic E-state index is 13.2. The van der Waals surface area contributed by atoms with E-state index in [9.17, 15) is 18.0 Å². The number of nitrogens with zero attached hydrogens (tertiary/aromatic N) is 4. The third-order valence-electron chi connectivity index (χ3n) is 4.23. The molecule has 6 nitrogen and oxygen atoms in total. The molecule has 1 fully saturated rings. The topological polar surface area (TPSA) is 72.7 Å². The van der Waals surface area contributed by atoms with Gasteiger partial charge in [-0.3, -0.25) is 4.79 Å². The van der Waals surface area contributed by atoms with Crippen LogP contribution in [0.2, 0.25) is 0 Å². The fraction of sp³-hybridized carbons (Fsp3) is 0.467. The van der Waals surface area contributed by atoms with Crippen molar-refractivity contribution < 1.29 is 18.0 Å². The molecule has 1 amide bonds. The van der Waals surface area contributed by atoms with E-state index in [0.717, 1.165) is 12.5 Å². The zero-order chi connectivity index (χ0) is 17.2. The van der Waals surface area contributed by atoms with Crippen molar-refractivity contribution in [3.05, 3.63) is 41.7 Å². The molecule has 0 bridgehead atoms. The molecule has 3 rings (SSSR count). The maximum absolute atomic E-state index is 13.2. The summed E-state index contributed by atoms with van der Waals surface area (Å²) in [6.07, 6.45) is -1.06. The average Bonchev–Trinajstić information content (AvgIpc) is 3.18. The molecule has 1 aromatic carbocycles. The lowest BCUT2D eigenvalue weighted by Gasteiger charge is -2.24. The minimum absolute atomic E-state index is 0.0584. The number of carbonyl (C=O) groups is 1. The molecule has 2 atom stereocenters. The number of aromatic nitrogens is 4. The number of amides is 1. The Morgan fingerprint density at radius 1 is 1.29 bits per heavy atom. The fourth-order valence-corrected chi connectivity index (χ4v) is 3.24. The maximum Gasteiger partial charge on any atom is 0.416 e. The van der Waals surface area contributed by atoms with E-state index in [-0.39, 0.29) is 30.0 Å². The first-order chi connectivity index (χ1) is 11.4. The van der Waals surface area contributed by atoms with Gasteiger partial charge in [-0.15, -0.1) is 5.10 Å². The zero-order valence-corrected chi connectivity index (χ0v) is 12.7. The predicted molar refractivity (Wildman–Crippen MR) is 77.8 cm³/mol. The van der Waals surface area contributed by atoms with E-state index < -0.39 is 11.7 Å². The van der Waals surface area contributed by atoms with E-state index in [1.165, 1.54) is 23.1 Å². The lowest BCUT2D eigenvalue weighted by Crippen LogP contribution is -2.39. The van der Waals surface area contributed by atoms with Crippen molar-refractivity contribution >= 4 is 5.91 Å². The molecular formula is C15H16F3N5O. The van der Waals surface area contributed by atoms with Gasteiger partial charge in [-0.25, -0.2) is 4.68 Å². The van der Waals surface area contributed by atoms with Gasteiger partial charge in [0.05, 0.1) is 5.56 Å². The van der Waals surface area contributed by atoms with Crippen molar-refractivity contribution in [2.75, 3.05) is 0 Å². The summed E-state index contributed by atoms with van der Waals surface area (Å²) in [4.78, 5) is 12.1. The van der Waals surface area contributed by atoms with Crippen LogP contribution < -0.4 is 5.32 Å². The number of carbonyl (C=O) groups excluding carboxylic acids is 1. The summed E-state index contributed by atoms with van der Waals surface area (Å²) in [5, 5.41) is 13.3. The van der Waals surface area contributed by atoms with Crippen LogP contribution in [-0.2, 0) is 17.5 Å². The van der Waals surface area contributed by atoms with Crippen molar-refractivity contribution in [3.8, 4) is 0 Å². The van der Waals surface area contributed by atoms with E-state index in [0.29, 0.717) is 12.8 Å². The van der Waals surface area contributed by atoms with Crippen LogP contribution in [0.1, 0.15) is 36.3 Å². The van der Waals surface area contributed by atoms with E-state index in [4.69, 9.17) is 0 Å². The third-order valence-corrected chi connectivity index (χ3v) is 4.23. The molecule has 1 aliphatic rings. The first kappa shape index (κ1) is 16.4. The minimum Gasteiger partial charge on any atom is -0.351 e. The molecule has 1 saturated carbocycles. The number of hydrogen-bond donors (Lipinski definition) is 1. The first-order valence-electron chi connectivity index (χ1n) is 7.61. The van der Waals surface area contributed by atoms with Crippen LogP contribution in [0.25, 0.3) is 0 Å². The van der Waals surface area contributed by atoms with Crippen LogP contribution in [0.4, 0.5) is 13.2 Å². The quantitative estimate of drug-likeness (QED) is 0.926. The molecule has 9 heteroatoms. The molecule has 1 heterocycles. The molecule has 24 heavy (non-hydrogen) atoms. The Morgan fingerprint density at radius 3 is 2.79 bits per heavy atom. The second kappa shape index (κ2) is 6.58. The lowest BCUT2D eigenvalue weighted by molar-refractivity contribution is -0.138. The van der Waals surface area contributed by atoms with Crippen LogP contribution in [0.3, 0.4) is 0 Å². The van der Waals surface area contributed by atoms with E-state index in [2.05, 4.69) is 20.8 Å². The largest absolute Gasteiger partial charge is 0.416 e. The molecule has 128 valence electrons. The summed E-state index contributed by atoms with van der Waals surface area (Å²) in [7, 11) is 0. The van der Waals surface area contributed by atoms with Crippen molar-refractivity contribution in [1.29, 1.82) is 0 Å². The number of hydrogen-bond acceptors (Lipinski definition) is 4. The van der Waals surface area contributed by atoms with Gasteiger partial charge in [0.15, 0.2) is 0 Å². The normalized spacial score (nSPS) is 21.0. The van der Waals surface area contributed by atoms with Gasteiger partial charge >= 0.3 is 6.18 Å². The standard InChI is InChI=1S/C15H16F3N5O/c16-15(17,18)12-6-2-1-4-10(12)11-5-3-7-13(11)20-14(24)8-23-9-19-21-22-23/h1-2,4,6,9,11,13H,3,5,7-8H2,(H,20,24)/t11-,13+/m1/s1. The molecule has 2 aromatic rings. The van der Waals surface area contributed by atoms with Crippen LogP contribution >= 0.6 is 0 Å². The lowest BCUT2D eigenvalue weighted by atomic mass is 9.89. The Bertz CT molecular complexity index is 701. The number of tetrazole rings is 1. The van der Waals surface area contributed by atoms with Crippen LogP contribution in [0.15, 0.2) is 30.6 Å². The van der Waals surface area contributed by atoms with Gasteiger partial charge in [0.1, 0.15) is 12.9 Å². The molecule has 1 N–H and O–H groups in total. The van der Waals surface area contributed by atoms with E-state index in [1.54, 1.807) is 6.07 Å². The smallest absolute Gasteiger partial charge is 0.351 e. The fourth-order valence-electron chi connectivity index (χ4n) is 3.24. The molecule has 0 spiro atoms. The second-order valence-corrected chi connectivity index (χ2v) is 5.80. The summed E-state index contributed by atoms with van der Waals surface area (Å²) < 4.78 is 41.0. The summed E-state index contributed by atoms with van der Waals surface area (Å²) in [5.74, 6) is -0.663. The second-order valence-electron chi connectivity index (χ2n) is 5.80. The van der Waals surface area contributed by atoms with Crippen molar-refractivity contribution in [2.24, 2.45) is 0 Å². The Morgan fingerprint density at radius 2 is 2.08 bits per heavy atom. The van der Waals surface area contributed by atoms with Crippen molar-refractivity contribution in [1.82, 2.24) is 25.5 Å². The zero-order valence-electron chi connectivity index (χ0n) is 12.7. The Kier molecular flexibility index (Phi) is 4.50. The van der Waals surface area contributed by atoms with Gasteiger partial charge in [-0.1, -0.05) is 24.6 Å². The molecule has 1 aromatic heterocycles. The average molecular weight is 339 g/mol. The van der Waals surface area contributed by atoms with Gasteiger partial charge in [0, 0.05) is 12.0 Å². The Balaban J connectivity index is 1.75. The number of nitrogens with one attached hydrogen (secondary N) is 1. The van der Waals surface area contributed by atoms with Crippen molar-refractivity contribution in [3.63, 3.8) is 0 Å². The predicted octanol–water partition coefficient (Wildman–Crippen LogP) is 2.14. The monoisotopic (exact) mass is 339 g/mol. The van der Waals surface area contributed by atoms with E-state index >= 15 is 0 Å². The highest BCUT2D eigenvalue weighted by Crippen LogP contribution is 2.41. The number of rotatable bonds is 4. The number of halogens is 3. The van der Waals surface area contributed by atoms with Crippen LogP contribution in [0.5, 0.6) is 0 Å². The van der Waals surface area contributed by atoms with Gasteiger partial charge < -0.3 is 5.32 Å². The van der Waals surface area contributed by atoms with Crippen LogP contribution in [-0.4, -0.2) is 32.2 Å². The Hall–Kier alpha value is -2.45. The molecule has 0 saturated heterocycles. The van der Waals surface area contributed by atoms with Crippen molar-refractivity contribution in [2.45, 2.75) is 43.9 Å². The van der Waals surface area contributed by atoms with Gasteiger partial charge in [0.25, 0.3) is 0 Å². The summed E-state index contributed by atoms with van der Waals surface area (Å²) in [5.41, 5.74) is -0.383. The van der Waals surface area contributed by atoms with Crippen LogP contribution in [0, 0.1) is 0 Å². The first-order valence-corrected chi connectivity index (χ1v) is 7.61. The highest BCUT2D eigenvalue weighted by atomic mass is 19.4. The Labute approximate surface area is 136 Å². The summed E-state index contributed by atoms with van der Waals surface area (Å²) in [6, 6.07) is 5.25. The molecule has 0 unspecified atom stereocenters. The number of benzene rings is 1. The molecule has 1 aliphatic carbocycles. The highest BCUT2D eigenvalue weighted by molar-refractivity contribution is 5.76. The third kappa shape index (κ3) is 3.55. The highest BCUT2D eigenvalue weighted by Gasteiger charge is 2.38. The molecule has 0 aliphatic heterocycles. The molecular weight excluding hydrogens is 323 g/mol. The minimum atomic E-state index is -4.40. The summed E-state index contributed by atoms with van der Waals surface area (Å²) >= 11 is 0. The SMILES string of the molecule is O=C(Cn1cnnn1)N[C@H]1CCC[C@@H]1c1ccccc1C(F)(F)F. The molecule has 0 radical (unpaired) electrons. The summed E-state index contributed by atoms with van der Waals surface area (Å²) in [6.45, 7) is -0.0584. The van der Waals surface area contributed by atoms with E-state index in [1.807, 2.05) is 0 Å². The number of alkyl halides is 3. The van der Waals surface area contributed by atoms with Gasteiger partial charge in [-0.2, -0.15) is 13.2 Å².